The zero-order chi connectivity index (χ0) is 11.8. The minimum absolute atomic E-state index is 0.100. The quantitative estimate of drug-likeness (QED) is 0.678. The van der Waals surface area contributed by atoms with Gasteiger partial charge >= 0.3 is 0 Å². The third-order valence-corrected chi connectivity index (χ3v) is 3.40. The molecule has 1 N–H and O–H groups in total. The molecule has 1 atom stereocenters. The van der Waals surface area contributed by atoms with Crippen LogP contribution in [0.25, 0.3) is 0 Å². The van der Waals surface area contributed by atoms with Gasteiger partial charge in [-0.2, -0.15) is 0 Å². The number of hydrogen-bond acceptors (Lipinski definition) is 2. The molecule has 1 amide bonds. The Kier molecular flexibility index (Phi) is 6.46. The molecule has 1 fully saturated rings. The molecule has 1 heterocycles. The summed E-state index contributed by atoms with van der Waals surface area (Å²) in [5.41, 5.74) is 0. The van der Waals surface area contributed by atoms with E-state index in [9.17, 15) is 4.79 Å². The Morgan fingerprint density at radius 2 is 2.06 bits per heavy atom. The Labute approximate surface area is 98.8 Å². The van der Waals surface area contributed by atoms with E-state index in [0.717, 1.165) is 32.2 Å². The zero-order valence-electron chi connectivity index (χ0n) is 10.5. The first-order chi connectivity index (χ1) is 7.79. The van der Waals surface area contributed by atoms with Crippen molar-refractivity contribution in [3.8, 4) is 0 Å². The van der Waals surface area contributed by atoms with Gasteiger partial charge in [0.2, 0.25) is 5.91 Å². The Hall–Kier alpha value is -0.570. The van der Waals surface area contributed by atoms with Gasteiger partial charge in [0.05, 0.1) is 12.6 Å². The predicted molar refractivity (Wildman–Crippen MR) is 65.2 cm³/mol. The van der Waals surface area contributed by atoms with E-state index < -0.39 is 0 Å². The Balaban J connectivity index is 2.14. The van der Waals surface area contributed by atoms with Crippen LogP contribution in [-0.4, -0.2) is 35.1 Å². The molecular weight excluding hydrogens is 202 g/mol. The lowest BCUT2D eigenvalue weighted by atomic mass is 10.1. The van der Waals surface area contributed by atoms with Crippen LogP contribution in [0.4, 0.5) is 0 Å². The molecule has 94 valence electrons. The van der Waals surface area contributed by atoms with Gasteiger partial charge in [0, 0.05) is 13.0 Å². The summed E-state index contributed by atoms with van der Waals surface area (Å²) in [6.45, 7) is 3.17. The van der Waals surface area contributed by atoms with Crippen molar-refractivity contribution in [2.45, 2.75) is 64.3 Å². The Bertz CT molecular complexity index is 206. The molecule has 0 radical (unpaired) electrons. The number of nitrogens with zero attached hydrogens (tertiary/aromatic N) is 1. The van der Waals surface area contributed by atoms with Crippen molar-refractivity contribution < 1.29 is 9.90 Å². The summed E-state index contributed by atoms with van der Waals surface area (Å²) in [5, 5.41) is 9.13. The first-order valence-corrected chi connectivity index (χ1v) is 6.70. The highest BCUT2D eigenvalue weighted by Gasteiger charge is 2.27. The normalized spacial score (nSPS) is 20.4. The van der Waals surface area contributed by atoms with E-state index in [1.165, 1.54) is 19.3 Å². The molecule has 0 aromatic carbocycles. The molecule has 3 heteroatoms. The van der Waals surface area contributed by atoms with Gasteiger partial charge in [-0.1, -0.05) is 32.6 Å². The van der Waals surface area contributed by atoms with Crippen molar-refractivity contribution in [2.24, 2.45) is 0 Å². The molecule has 1 rings (SSSR count). The van der Waals surface area contributed by atoms with Crippen LogP contribution in [0.3, 0.4) is 0 Å². The smallest absolute Gasteiger partial charge is 0.222 e. The lowest BCUT2D eigenvalue weighted by Crippen LogP contribution is -2.37. The SMILES string of the molecule is CCCCCCCC(=O)N1CCC[C@@H]1CO. The highest BCUT2D eigenvalue weighted by Crippen LogP contribution is 2.18. The third kappa shape index (κ3) is 4.12. The number of unbranched alkanes of at least 4 members (excludes halogenated alkanes) is 4. The van der Waals surface area contributed by atoms with Gasteiger partial charge in [-0.3, -0.25) is 4.79 Å². The van der Waals surface area contributed by atoms with Crippen molar-refractivity contribution in [2.75, 3.05) is 13.2 Å². The van der Waals surface area contributed by atoms with Crippen molar-refractivity contribution in [3.05, 3.63) is 0 Å². The lowest BCUT2D eigenvalue weighted by molar-refractivity contribution is -0.132. The molecule has 0 spiro atoms. The fraction of sp³-hybridized carbons (Fsp3) is 0.923. The lowest BCUT2D eigenvalue weighted by Gasteiger charge is -2.22. The van der Waals surface area contributed by atoms with Gasteiger partial charge < -0.3 is 10.0 Å². The van der Waals surface area contributed by atoms with Crippen LogP contribution in [0.1, 0.15) is 58.3 Å². The van der Waals surface area contributed by atoms with Crippen LogP contribution in [0.5, 0.6) is 0 Å². The molecule has 0 aliphatic carbocycles. The zero-order valence-corrected chi connectivity index (χ0v) is 10.5. The Morgan fingerprint density at radius 3 is 2.75 bits per heavy atom. The number of amides is 1. The molecule has 0 bridgehead atoms. The van der Waals surface area contributed by atoms with E-state index in [1.54, 1.807) is 0 Å². The van der Waals surface area contributed by atoms with Gasteiger partial charge in [0.25, 0.3) is 0 Å². The highest BCUT2D eigenvalue weighted by molar-refractivity contribution is 5.76. The van der Waals surface area contributed by atoms with Crippen LogP contribution in [0.15, 0.2) is 0 Å². The predicted octanol–water partition coefficient (Wildman–Crippen LogP) is 2.33. The first kappa shape index (κ1) is 13.5. The fourth-order valence-electron chi connectivity index (χ4n) is 2.38. The summed E-state index contributed by atoms with van der Waals surface area (Å²) < 4.78 is 0. The van der Waals surface area contributed by atoms with E-state index in [4.69, 9.17) is 5.11 Å². The summed E-state index contributed by atoms with van der Waals surface area (Å²) in [7, 11) is 0. The van der Waals surface area contributed by atoms with E-state index in [0.29, 0.717) is 6.42 Å². The average molecular weight is 227 g/mol. The molecule has 1 saturated heterocycles. The number of carbonyl (C=O) groups excluding carboxylic acids is 1. The maximum absolute atomic E-state index is 11.9. The number of aliphatic hydroxyl groups is 1. The van der Waals surface area contributed by atoms with Gasteiger partial charge in [-0.25, -0.2) is 0 Å². The molecule has 0 aromatic rings. The standard InChI is InChI=1S/C13H25NO2/c1-2-3-4-5-6-9-13(16)14-10-7-8-12(14)11-15/h12,15H,2-11H2,1H3/t12-/m1/s1. The molecule has 0 unspecified atom stereocenters. The van der Waals surface area contributed by atoms with E-state index in [2.05, 4.69) is 6.92 Å². The minimum atomic E-state index is 0.100. The van der Waals surface area contributed by atoms with E-state index in [1.807, 2.05) is 4.90 Å². The summed E-state index contributed by atoms with van der Waals surface area (Å²) in [4.78, 5) is 13.7. The summed E-state index contributed by atoms with van der Waals surface area (Å²) in [5.74, 6) is 0.244. The number of rotatable bonds is 7. The number of carbonyl (C=O) groups is 1. The van der Waals surface area contributed by atoms with E-state index in [-0.39, 0.29) is 18.6 Å². The number of aliphatic hydroxyl groups excluding tert-OH is 1. The molecule has 16 heavy (non-hydrogen) atoms. The third-order valence-electron chi connectivity index (χ3n) is 3.40. The average Bonchev–Trinajstić information content (AvgIpc) is 2.76. The second-order valence-corrected chi connectivity index (χ2v) is 4.73. The van der Waals surface area contributed by atoms with Crippen LogP contribution in [-0.2, 0) is 4.79 Å². The van der Waals surface area contributed by atoms with Crippen LogP contribution < -0.4 is 0 Å². The second kappa shape index (κ2) is 7.66. The topological polar surface area (TPSA) is 40.5 Å². The first-order valence-electron chi connectivity index (χ1n) is 6.70. The van der Waals surface area contributed by atoms with Crippen molar-refractivity contribution in [1.82, 2.24) is 4.90 Å². The van der Waals surface area contributed by atoms with Crippen molar-refractivity contribution >= 4 is 5.91 Å². The molecule has 3 nitrogen and oxygen atoms in total. The number of likely N-dealkylation sites (tertiary alicyclic amines) is 1. The van der Waals surface area contributed by atoms with Crippen LogP contribution in [0, 0.1) is 0 Å². The van der Waals surface area contributed by atoms with Crippen molar-refractivity contribution in [3.63, 3.8) is 0 Å². The highest BCUT2D eigenvalue weighted by atomic mass is 16.3. The molecule has 0 saturated carbocycles. The molecule has 1 aliphatic rings. The minimum Gasteiger partial charge on any atom is -0.394 e. The summed E-state index contributed by atoms with van der Waals surface area (Å²) >= 11 is 0. The summed E-state index contributed by atoms with van der Waals surface area (Å²) in [6, 6.07) is 0.100. The second-order valence-electron chi connectivity index (χ2n) is 4.73. The molecular formula is C13H25NO2. The Morgan fingerprint density at radius 1 is 1.31 bits per heavy atom. The van der Waals surface area contributed by atoms with Crippen molar-refractivity contribution in [1.29, 1.82) is 0 Å². The summed E-state index contributed by atoms with van der Waals surface area (Å²) in [6.07, 6.45) is 8.62. The van der Waals surface area contributed by atoms with Crippen LogP contribution >= 0.6 is 0 Å². The monoisotopic (exact) mass is 227 g/mol. The van der Waals surface area contributed by atoms with Gasteiger partial charge in [0.1, 0.15) is 0 Å². The van der Waals surface area contributed by atoms with Gasteiger partial charge in [-0.15, -0.1) is 0 Å². The van der Waals surface area contributed by atoms with E-state index >= 15 is 0 Å². The van der Waals surface area contributed by atoms with Gasteiger partial charge in [0.15, 0.2) is 0 Å². The molecule has 1 aliphatic heterocycles. The van der Waals surface area contributed by atoms with Crippen LogP contribution in [0.2, 0.25) is 0 Å². The fourth-order valence-corrected chi connectivity index (χ4v) is 2.38. The largest absolute Gasteiger partial charge is 0.394 e. The number of hydrogen-bond donors (Lipinski definition) is 1. The van der Waals surface area contributed by atoms with Gasteiger partial charge in [-0.05, 0) is 19.3 Å². The molecule has 0 aromatic heterocycles. The maximum atomic E-state index is 11.9. The maximum Gasteiger partial charge on any atom is 0.222 e.